The second-order valence-electron chi connectivity index (χ2n) is 15.3. The van der Waals surface area contributed by atoms with Gasteiger partial charge in [-0.15, -0.1) is 0 Å². The largest absolute Gasteiger partial charge is 0.469 e. The number of Topliss-reactive ketones (excluding diaryl/α,β-unsaturated/α-hetero) is 1. The third-order valence-electron chi connectivity index (χ3n) is 12.9. The van der Waals surface area contributed by atoms with Crippen molar-refractivity contribution in [3.63, 3.8) is 0 Å². The van der Waals surface area contributed by atoms with Gasteiger partial charge in [0.2, 0.25) is 0 Å². The van der Waals surface area contributed by atoms with Crippen molar-refractivity contribution in [2.24, 2.45) is 56.2 Å². The molecule has 0 bridgehead atoms. The van der Waals surface area contributed by atoms with Crippen LogP contribution in [0.3, 0.4) is 0 Å². The minimum absolute atomic E-state index is 0.0358. The molecule has 5 heteroatoms. The summed E-state index contributed by atoms with van der Waals surface area (Å²) in [6, 6.07) is 2.31. The monoisotopic (exact) mass is 507 g/mol. The van der Waals surface area contributed by atoms with E-state index in [9.17, 15) is 19.6 Å². The zero-order valence-corrected chi connectivity index (χ0v) is 24.1. The van der Waals surface area contributed by atoms with Crippen molar-refractivity contribution in [3.8, 4) is 6.07 Å². The van der Waals surface area contributed by atoms with Crippen molar-refractivity contribution in [2.45, 2.75) is 99.8 Å². The van der Waals surface area contributed by atoms with Gasteiger partial charge in [-0.2, -0.15) is 5.26 Å². The smallest absolute Gasteiger partial charge is 0.312 e. The number of esters is 1. The minimum atomic E-state index is -0.641. The molecular formula is C32H45NO4. The fourth-order valence-corrected chi connectivity index (χ4v) is 10.7. The molecule has 0 aromatic heterocycles. The Kier molecular flexibility index (Phi) is 5.61. The number of carbonyl (C=O) groups excluding carboxylic acids is 3. The lowest BCUT2D eigenvalue weighted by Gasteiger charge is -2.69. The van der Waals surface area contributed by atoms with Gasteiger partial charge in [0, 0.05) is 11.3 Å². The number of rotatable bonds is 1. The highest BCUT2D eigenvalue weighted by Crippen LogP contribution is 2.75. The van der Waals surface area contributed by atoms with Crippen LogP contribution in [0, 0.1) is 67.5 Å². The number of hydrogen-bond acceptors (Lipinski definition) is 5. The number of ketones is 2. The van der Waals surface area contributed by atoms with Crippen molar-refractivity contribution < 1.29 is 19.1 Å². The van der Waals surface area contributed by atoms with E-state index in [1.165, 1.54) is 12.7 Å². The van der Waals surface area contributed by atoms with Crippen molar-refractivity contribution in [1.29, 1.82) is 5.26 Å². The Bertz CT molecular complexity index is 1140. The molecule has 202 valence electrons. The van der Waals surface area contributed by atoms with E-state index in [-0.39, 0.29) is 56.9 Å². The van der Waals surface area contributed by atoms with E-state index in [4.69, 9.17) is 4.74 Å². The standard InChI is InChI=1S/C32H45NO4/c1-27(2)11-13-32(26(36)37-8)14-12-31(7)24(20(32)17-27)21(34)15-23-29(5)16-19(18-33)25(35)28(3,4)22(29)9-10-30(23,31)6/h15,19-20,22,24H,9-14,16-17H2,1-8H3/t19?,20-,22?,24-,29-,30+,31+,32-/m0/s1. The maximum atomic E-state index is 14.4. The first kappa shape index (κ1) is 26.6. The number of ether oxygens (including phenoxy) is 1. The molecular weight excluding hydrogens is 462 g/mol. The molecule has 0 saturated heterocycles. The second kappa shape index (κ2) is 7.80. The molecule has 2 unspecified atom stereocenters. The fraction of sp³-hybridized carbons (Fsp3) is 0.812. The summed E-state index contributed by atoms with van der Waals surface area (Å²) in [7, 11) is 1.49. The Morgan fingerprint density at radius 3 is 2.24 bits per heavy atom. The molecule has 4 fully saturated rings. The third kappa shape index (κ3) is 3.17. The van der Waals surface area contributed by atoms with E-state index in [0.717, 1.165) is 44.9 Å². The number of nitriles is 1. The predicted molar refractivity (Wildman–Crippen MR) is 141 cm³/mol. The summed E-state index contributed by atoms with van der Waals surface area (Å²) in [5.74, 6) is -0.727. The molecule has 5 nitrogen and oxygen atoms in total. The number of nitrogens with zero attached hydrogens (tertiary/aromatic N) is 1. The van der Waals surface area contributed by atoms with Crippen molar-refractivity contribution in [1.82, 2.24) is 0 Å². The number of allylic oxidation sites excluding steroid dienone is 2. The summed E-state index contributed by atoms with van der Waals surface area (Å²) in [5.41, 5.74) is -0.835. The zero-order chi connectivity index (χ0) is 27.4. The van der Waals surface area contributed by atoms with Crippen molar-refractivity contribution in [3.05, 3.63) is 11.6 Å². The Labute approximate surface area is 222 Å². The average molecular weight is 508 g/mol. The van der Waals surface area contributed by atoms with Crippen LogP contribution in [0.1, 0.15) is 99.8 Å². The molecule has 0 aromatic rings. The number of carbonyl (C=O) groups is 3. The highest BCUT2D eigenvalue weighted by molar-refractivity contribution is 5.97. The number of hydrogen-bond donors (Lipinski definition) is 0. The van der Waals surface area contributed by atoms with E-state index < -0.39 is 16.7 Å². The molecule has 4 saturated carbocycles. The third-order valence-corrected chi connectivity index (χ3v) is 12.9. The van der Waals surface area contributed by atoms with Crippen LogP contribution in [0.2, 0.25) is 0 Å². The maximum Gasteiger partial charge on any atom is 0.312 e. The number of methoxy groups -OCH3 is 1. The molecule has 5 aliphatic rings. The molecule has 0 amide bonds. The molecule has 0 N–H and O–H groups in total. The molecule has 5 rings (SSSR count). The molecule has 0 aliphatic heterocycles. The SMILES string of the molecule is COC(=O)[C@]12CCC(C)(C)C[C@H]1[C@H]1C(=O)C=C3[C@@]4(C)CC(C#N)C(=O)C(C)(C)C4CC[C@@]3(C)[C@]1(C)CC2. The van der Waals surface area contributed by atoms with Crippen LogP contribution < -0.4 is 0 Å². The highest BCUT2D eigenvalue weighted by Gasteiger charge is 2.71. The average Bonchev–Trinajstić information content (AvgIpc) is 2.82. The summed E-state index contributed by atoms with van der Waals surface area (Å²) in [6.45, 7) is 15.4. The molecule has 37 heavy (non-hydrogen) atoms. The van der Waals surface area contributed by atoms with Crippen molar-refractivity contribution in [2.75, 3.05) is 7.11 Å². The van der Waals surface area contributed by atoms with Gasteiger partial charge in [-0.1, -0.05) is 54.0 Å². The van der Waals surface area contributed by atoms with Crippen LogP contribution >= 0.6 is 0 Å². The van der Waals surface area contributed by atoms with Crippen molar-refractivity contribution >= 4 is 17.5 Å². The molecule has 5 aliphatic carbocycles. The maximum absolute atomic E-state index is 14.4. The Morgan fingerprint density at radius 1 is 0.973 bits per heavy atom. The highest BCUT2D eigenvalue weighted by atomic mass is 16.5. The molecule has 0 aromatic carbocycles. The minimum Gasteiger partial charge on any atom is -0.469 e. The lowest BCUT2D eigenvalue weighted by atomic mass is 9.33. The van der Waals surface area contributed by atoms with Gasteiger partial charge in [-0.3, -0.25) is 14.4 Å². The first-order valence-corrected chi connectivity index (χ1v) is 14.3. The normalized spacial score (nSPS) is 47.8. The second-order valence-corrected chi connectivity index (χ2v) is 15.3. The first-order valence-electron chi connectivity index (χ1n) is 14.3. The van der Waals surface area contributed by atoms with Crippen LogP contribution in [0.5, 0.6) is 0 Å². The van der Waals surface area contributed by atoms with Crippen LogP contribution in [0.25, 0.3) is 0 Å². The van der Waals surface area contributed by atoms with Gasteiger partial charge in [0.25, 0.3) is 0 Å². The lowest BCUT2D eigenvalue weighted by Crippen LogP contribution is -2.66. The lowest BCUT2D eigenvalue weighted by molar-refractivity contribution is -0.193. The van der Waals surface area contributed by atoms with Crippen LogP contribution in [0.4, 0.5) is 0 Å². The summed E-state index contributed by atoms with van der Waals surface area (Å²) >= 11 is 0. The Morgan fingerprint density at radius 2 is 1.62 bits per heavy atom. The summed E-state index contributed by atoms with van der Waals surface area (Å²) in [4.78, 5) is 41.0. The summed E-state index contributed by atoms with van der Waals surface area (Å²) in [6.07, 6.45) is 8.44. The molecule has 0 spiro atoms. The summed E-state index contributed by atoms with van der Waals surface area (Å²) < 4.78 is 5.41. The van der Waals surface area contributed by atoms with Gasteiger partial charge in [0.1, 0.15) is 5.92 Å². The van der Waals surface area contributed by atoms with Gasteiger partial charge >= 0.3 is 5.97 Å². The molecule has 0 heterocycles. The van der Waals surface area contributed by atoms with E-state index >= 15 is 0 Å². The van der Waals surface area contributed by atoms with E-state index in [0.29, 0.717) is 6.42 Å². The topological polar surface area (TPSA) is 84.2 Å². The number of fused-ring (bicyclic) bond motifs is 7. The fourth-order valence-electron chi connectivity index (χ4n) is 10.7. The van der Waals surface area contributed by atoms with Gasteiger partial charge in [-0.05, 0) is 90.9 Å². The van der Waals surface area contributed by atoms with Crippen LogP contribution in [-0.2, 0) is 19.1 Å². The zero-order valence-electron chi connectivity index (χ0n) is 24.1. The van der Waals surface area contributed by atoms with E-state index in [1.54, 1.807) is 0 Å². The summed E-state index contributed by atoms with van der Waals surface area (Å²) in [5, 5.41) is 9.93. The molecule has 8 atom stereocenters. The van der Waals surface area contributed by atoms with E-state index in [1.807, 2.05) is 19.9 Å². The first-order chi connectivity index (χ1) is 17.0. The van der Waals surface area contributed by atoms with Crippen LogP contribution in [0.15, 0.2) is 11.6 Å². The Hall–Kier alpha value is -1.96. The van der Waals surface area contributed by atoms with Gasteiger partial charge in [0.05, 0.1) is 18.6 Å². The van der Waals surface area contributed by atoms with Gasteiger partial charge in [0.15, 0.2) is 11.6 Å². The van der Waals surface area contributed by atoms with Gasteiger partial charge in [-0.25, -0.2) is 0 Å². The Balaban J connectivity index is 1.67. The van der Waals surface area contributed by atoms with Crippen LogP contribution in [-0.4, -0.2) is 24.6 Å². The predicted octanol–water partition coefficient (Wildman–Crippen LogP) is 6.46. The van der Waals surface area contributed by atoms with E-state index in [2.05, 4.69) is 40.7 Å². The van der Waals surface area contributed by atoms with Gasteiger partial charge < -0.3 is 4.74 Å². The molecule has 0 radical (unpaired) electrons. The quantitative estimate of drug-likeness (QED) is 0.380.